The van der Waals surface area contributed by atoms with E-state index in [2.05, 4.69) is 4.99 Å². The van der Waals surface area contributed by atoms with Gasteiger partial charge in [0.15, 0.2) is 0 Å². The van der Waals surface area contributed by atoms with E-state index >= 15 is 0 Å². The molecule has 50 valence electrons. The Kier molecular flexibility index (Phi) is 0.974. The van der Waals surface area contributed by atoms with Crippen molar-refractivity contribution in [2.45, 2.75) is 0 Å². The number of ketones is 1. The van der Waals surface area contributed by atoms with Crippen LogP contribution in [0.3, 0.4) is 0 Å². The molecular weight excluding hydrogens is 128 g/mol. The average molecular weight is 134 g/mol. The molecule has 0 unspecified atom stereocenters. The Balaban J connectivity index is 2.40. The predicted octanol–water partition coefficient (Wildman–Crippen LogP) is 0.311. The summed E-state index contributed by atoms with van der Waals surface area (Å²) in [6, 6.07) is 0. The second-order valence-electron chi connectivity index (χ2n) is 2.17. The number of hydrogen-bond acceptors (Lipinski definition) is 3. The Labute approximate surface area is 58.4 Å². The molecule has 3 nitrogen and oxygen atoms in total. The van der Waals surface area contributed by atoms with Crippen molar-refractivity contribution in [2.75, 3.05) is 6.67 Å². The van der Waals surface area contributed by atoms with Gasteiger partial charge in [-0.05, 0) is 6.08 Å². The van der Waals surface area contributed by atoms with Crippen LogP contribution >= 0.6 is 0 Å². The molecule has 2 aliphatic heterocycles. The smallest absolute Gasteiger partial charge is 0.203 e. The molecule has 0 bridgehead atoms. The number of nitrogens with zero attached hydrogens (tertiary/aromatic N) is 2. The van der Waals surface area contributed by atoms with Gasteiger partial charge >= 0.3 is 0 Å². The van der Waals surface area contributed by atoms with E-state index in [1.165, 1.54) is 0 Å². The summed E-state index contributed by atoms with van der Waals surface area (Å²) in [4.78, 5) is 16.7. The number of rotatable bonds is 0. The highest BCUT2D eigenvalue weighted by Crippen LogP contribution is 2.15. The number of allylic oxidation sites excluding steroid dienone is 2. The van der Waals surface area contributed by atoms with Gasteiger partial charge in [-0.3, -0.25) is 9.79 Å². The van der Waals surface area contributed by atoms with Gasteiger partial charge < -0.3 is 4.90 Å². The lowest BCUT2D eigenvalue weighted by Gasteiger charge is -2.15. The molecule has 2 rings (SSSR count). The van der Waals surface area contributed by atoms with E-state index in [4.69, 9.17) is 0 Å². The molecule has 0 aromatic heterocycles. The van der Waals surface area contributed by atoms with Gasteiger partial charge in [-0.2, -0.15) is 0 Å². The summed E-state index contributed by atoms with van der Waals surface area (Å²) in [6.07, 6.45) is 6.70. The van der Waals surface area contributed by atoms with Crippen molar-refractivity contribution in [1.29, 1.82) is 0 Å². The number of aliphatic imine (C=N–C) groups is 1. The largest absolute Gasteiger partial charge is 0.325 e. The zero-order valence-corrected chi connectivity index (χ0v) is 5.32. The molecule has 2 aliphatic rings. The maximum absolute atomic E-state index is 11.0. The van der Waals surface area contributed by atoms with Gasteiger partial charge in [-0.1, -0.05) is 0 Å². The van der Waals surface area contributed by atoms with Crippen LogP contribution in [0, 0.1) is 0 Å². The standard InChI is InChI=1S/C7H6N2O/c10-7-2-4-9-5-8-3-1-6(7)9/h1-4H,5H2. The summed E-state index contributed by atoms with van der Waals surface area (Å²) < 4.78 is 0. The van der Waals surface area contributed by atoms with Gasteiger partial charge in [0, 0.05) is 18.5 Å². The van der Waals surface area contributed by atoms with Crippen LogP contribution in [-0.4, -0.2) is 23.6 Å². The van der Waals surface area contributed by atoms with Gasteiger partial charge in [0.2, 0.25) is 5.78 Å². The van der Waals surface area contributed by atoms with Gasteiger partial charge in [0.05, 0.1) is 5.70 Å². The maximum atomic E-state index is 11.0. The Morgan fingerprint density at radius 3 is 3.30 bits per heavy atom. The van der Waals surface area contributed by atoms with Crippen molar-refractivity contribution < 1.29 is 4.79 Å². The molecule has 2 heterocycles. The maximum Gasteiger partial charge on any atom is 0.203 e. The number of carbonyl (C=O) groups is 1. The first kappa shape index (κ1) is 5.41. The van der Waals surface area contributed by atoms with Crippen molar-refractivity contribution >= 4 is 12.0 Å². The van der Waals surface area contributed by atoms with Crippen LogP contribution in [0.25, 0.3) is 0 Å². The lowest BCUT2D eigenvalue weighted by atomic mass is 10.3. The average Bonchev–Trinajstić information content (AvgIpc) is 2.34. The van der Waals surface area contributed by atoms with Crippen LogP contribution in [0.1, 0.15) is 0 Å². The van der Waals surface area contributed by atoms with Crippen LogP contribution in [0.5, 0.6) is 0 Å². The van der Waals surface area contributed by atoms with E-state index in [0.717, 1.165) is 5.70 Å². The van der Waals surface area contributed by atoms with E-state index in [1.807, 2.05) is 4.90 Å². The fraction of sp³-hybridized carbons (Fsp3) is 0.143. The number of carbonyl (C=O) groups excluding carboxylic acids is 1. The van der Waals surface area contributed by atoms with Gasteiger partial charge in [-0.25, -0.2) is 0 Å². The lowest BCUT2D eigenvalue weighted by molar-refractivity contribution is -0.111. The lowest BCUT2D eigenvalue weighted by Crippen LogP contribution is -2.19. The monoisotopic (exact) mass is 134 g/mol. The first-order valence-electron chi connectivity index (χ1n) is 3.07. The minimum Gasteiger partial charge on any atom is -0.325 e. The topological polar surface area (TPSA) is 32.7 Å². The van der Waals surface area contributed by atoms with E-state index < -0.39 is 0 Å². The Morgan fingerprint density at radius 1 is 1.60 bits per heavy atom. The third-order valence-electron chi connectivity index (χ3n) is 1.54. The molecule has 0 aromatic rings. The van der Waals surface area contributed by atoms with Crippen LogP contribution in [0.2, 0.25) is 0 Å². The van der Waals surface area contributed by atoms with Crippen molar-refractivity contribution in [3.63, 3.8) is 0 Å². The van der Waals surface area contributed by atoms with Crippen molar-refractivity contribution in [3.05, 3.63) is 24.0 Å². The van der Waals surface area contributed by atoms with Crippen LogP contribution in [0.4, 0.5) is 0 Å². The quantitative estimate of drug-likeness (QED) is 0.477. The Morgan fingerprint density at radius 2 is 2.50 bits per heavy atom. The summed E-state index contributed by atoms with van der Waals surface area (Å²) in [5.74, 6) is 0.0751. The van der Waals surface area contributed by atoms with Gasteiger partial charge in [-0.15, -0.1) is 0 Å². The third kappa shape index (κ3) is 0.603. The normalized spacial score (nSPS) is 21.4. The fourth-order valence-electron chi connectivity index (χ4n) is 1.02. The van der Waals surface area contributed by atoms with Crippen molar-refractivity contribution in [1.82, 2.24) is 4.90 Å². The van der Waals surface area contributed by atoms with E-state index in [0.29, 0.717) is 6.67 Å². The van der Waals surface area contributed by atoms with Crippen LogP contribution in [-0.2, 0) is 4.79 Å². The van der Waals surface area contributed by atoms with Crippen LogP contribution in [0.15, 0.2) is 29.0 Å². The molecule has 0 spiro atoms. The summed E-state index contributed by atoms with van der Waals surface area (Å²) in [7, 11) is 0. The summed E-state index contributed by atoms with van der Waals surface area (Å²) in [5.41, 5.74) is 0.731. The Hall–Kier alpha value is -1.38. The Bertz CT molecular complexity index is 263. The summed E-state index contributed by atoms with van der Waals surface area (Å²) >= 11 is 0. The molecule has 3 heteroatoms. The number of fused-ring (bicyclic) bond motifs is 1. The molecule has 0 saturated heterocycles. The second kappa shape index (κ2) is 1.80. The molecule has 0 amide bonds. The molecule has 0 fully saturated rings. The first-order valence-corrected chi connectivity index (χ1v) is 3.07. The third-order valence-corrected chi connectivity index (χ3v) is 1.54. The minimum atomic E-state index is 0.0751. The van der Waals surface area contributed by atoms with Crippen LogP contribution < -0.4 is 0 Å². The molecule has 0 N–H and O–H groups in total. The van der Waals surface area contributed by atoms with Gasteiger partial charge in [0.25, 0.3) is 0 Å². The van der Waals surface area contributed by atoms with E-state index in [1.54, 1.807) is 24.6 Å². The predicted molar refractivity (Wildman–Crippen MR) is 37.4 cm³/mol. The number of hydrogen-bond donors (Lipinski definition) is 0. The SMILES string of the molecule is O=C1C=CN2CN=CC=C12. The molecule has 0 atom stereocenters. The van der Waals surface area contributed by atoms with Crippen molar-refractivity contribution in [3.8, 4) is 0 Å². The summed E-state index contributed by atoms with van der Waals surface area (Å²) in [6.45, 7) is 0.577. The van der Waals surface area contributed by atoms with E-state index in [-0.39, 0.29) is 5.78 Å². The van der Waals surface area contributed by atoms with E-state index in [9.17, 15) is 4.79 Å². The highest BCUT2D eigenvalue weighted by Gasteiger charge is 2.19. The minimum absolute atomic E-state index is 0.0751. The summed E-state index contributed by atoms with van der Waals surface area (Å²) in [5, 5.41) is 0. The second-order valence-corrected chi connectivity index (χ2v) is 2.17. The molecule has 0 aromatic carbocycles. The highest BCUT2D eigenvalue weighted by atomic mass is 16.1. The molecule has 10 heavy (non-hydrogen) atoms. The highest BCUT2D eigenvalue weighted by molar-refractivity contribution is 6.08. The first-order chi connectivity index (χ1) is 4.88. The molecular formula is C7H6N2O. The molecule has 0 radical (unpaired) electrons. The van der Waals surface area contributed by atoms with Crippen molar-refractivity contribution in [2.24, 2.45) is 4.99 Å². The molecule has 0 saturated carbocycles. The zero-order chi connectivity index (χ0) is 6.97. The van der Waals surface area contributed by atoms with Gasteiger partial charge in [0.1, 0.15) is 6.67 Å². The zero-order valence-electron chi connectivity index (χ0n) is 5.32. The molecule has 0 aliphatic carbocycles. The fourth-order valence-corrected chi connectivity index (χ4v) is 1.02.